The number of hydrogen-bond acceptors (Lipinski definition) is 3. The van der Waals surface area contributed by atoms with Crippen molar-refractivity contribution in [2.75, 3.05) is 13.7 Å². The molecule has 32 heavy (non-hydrogen) atoms. The van der Waals surface area contributed by atoms with Gasteiger partial charge in [0.15, 0.2) is 5.88 Å². The molecule has 0 unspecified atom stereocenters. The van der Waals surface area contributed by atoms with Gasteiger partial charge in [-0.25, -0.2) is 0 Å². The van der Waals surface area contributed by atoms with Gasteiger partial charge >= 0.3 is 5.97 Å². The lowest BCUT2D eigenvalue weighted by Gasteiger charge is -2.20. The second kappa shape index (κ2) is 10.8. The van der Waals surface area contributed by atoms with E-state index in [2.05, 4.69) is 43.9 Å². The fourth-order valence-corrected chi connectivity index (χ4v) is 3.30. The Kier molecular flexibility index (Phi) is 8.41. The molecular weight excluding hydrogens is 400 g/mol. The third kappa shape index (κ3) is 6.58. The van der Waals surface area contributed by atoms with Gasteiger partial charge in [0.2, 0.25) is 0 Å². The van der Waals surface area contributed by atoms with Crippen LogP contribution in [0.15, 0.2) is 66.0 Å². The van der Waals surface area contributed by atoms with E-state index >= 15 is 0 Å². The molecule has 0 aliphatic heterocycles. The number of aliphatic carboxylic acids is 1. The first-order chi connectivity index (χ1) is 15.0. The highest BCUT2D eigenvalue weighted by Gasteiger charge is 2.29. The molecule has 0 spiro atoms. The fourth-order valence-electron chi connectivity index (χ4n) is 3.30. The van der Waals surface area contributed by atoms with E-state index in [0.717, 1.165) is 23.1 Å². The van der Waals surface area contributed by atoms with E-state index in [1.807, 2.05) is 37.3 Å². The molecule has 2 aromatic rings. The Balaban J connectivity index is 2.29. The molecule has 0 amide bonds. The molecule has 2 N–H and O–H groups in total. The first-order valence-electron chi connectivity index (χ1n) is 10.7. The first-order valence-corrected chi connectivity index (χ1v) is 10.7. The number of nitrogens with zero attached hydrogens (tertiary/aromatic N) is 1. The molecule has 170 valence electrons. The zero-order valence-electron chi connectivity index (χ0n) is 20.0. The van der Waals surface area contributed by atoms with Crippen LogP contribution in [0.2, 0.25) is 0 Å². The number of amidine groups is 1. The van der Waals surface area contributed by atoms with Gasteiger partial charge in [-0.15, -0.1) is 0 Å². The maximum atomic E-state index is 11.6. The van der Waals surface area contributed by atoms with E-state index in [0.29, 0.717) is 18.3 Å². The van der Waals surface area contributed by atoms with Crippen LogP contribution in [0.3, 0.4) is 0 Å². The van der Waals surface area contributed by atoms with Crippen molar-refractivity contribution in [1.29, 1.82) is 0 Å². The summed E-state index contributed by atoms with van der Waals surface area (Å²) in [5.41, 5.74) is 5.45. The quantitative estimate of drug-likeness (QED) is 0.314. The number of nitrogens with one attached hydrogen (secondary N) is 1. The van der Waals surface area contributed by atoms with Crippen molar-refractivity contribution in [3.8, 4) is 0 Å². The van der Waals surface area contributed by atoms with E-state index in [9.17, 15) is 9.90 Å². The van der Waals surface area contributed by atoms with Gasteiger partial charge in [0.05, 0.1) is 12.5 Å². The van der Waals surface area contributed by atoms with Gasteiger partial charge < -0.3 is 15.2 Å². The summed E-state index contributed by atoms with van der Waals surface area (Å²) >= 11 is 0. The molecule has 0 saturated heterocycles. The van der Waals surface area contributed by atoms with Crippen LogP contribution in [0, 0.1) is 13.8 Å². The van der Waals surface area contributed by atoms with Gasteiger partial charge in [-0.2, -0.15) is 0 Å². The number of carboxylic acids is 1. The summed E-state index contributed by atoms with van der Waals surface area (Å²) < 4.78 is 5.17. The monoisotopic (exact) mass is 434 g/mol. The molecule has 0 atom stereocenters. The average molecular weight is 435 g/mol. The van der Waals surface area contributed by atoms with Crippen LogP contribution in [0.5, 0.6) is 0 Å². The number of ether oxygens (including phenoxy) is 1. The third-order valence-electron chi connectivity index (χ3n) is 5.60. The van der Waals surface area contributed by atoms with Gasteiger partial charge in [-0.05, 0) is 81.5 Å². The van der Waals surface area contributed by atoms with Crippen LogP contribution in [0.25, 0.3) is 5.57 Å². The molecule has 0 aromatic heterocycles. The zero-order valence-corrected chi connectivity index (χ0v) is 20.0. The number of benzene rings is 2. The summed E-state index contributed by atoms with van der Waals surface area (Å²) in [4.78, 5) is 16.4. The van der Waals surface area contributed by atoms with Crippen molar-refractivity contribution in [3.63, 3.8) is 0 Å². The number of aryl methyl sites for hydroxylation is 2. The fraction of sp³-hybridized carbons (Fsp3) is 0.333. The third-order valence-corrected chi connectivity index (χ3v) is 5.60. The van der Waals surface area contributed by atoms with E-state index in [-0.39, 0.29) is 0 Å². The Bertz CT molecular complexity index is 1050. The summed E-state index contributed by atoms with van der Waals surface area (Å²) in [7, 11) is 1.55. The lowest BCUT2D eigenvalue weighted by molar-refractivity contribution is -0.142. The SMILES string of the molecule is C=C(NC(/C=C(\C)c1cccc(C(C)(C)C(=O)O)c1)=NCCc1ccc(C)cc1C)OC. The molecule has 0 heterocycles. The summed E-state index contributed by atoms with van der Waals surface area (Å²) in [6, 6.07) is 14.1. The van der Waals surface area contributed by atoms with Gasteiger partial charge in [0, 0.05) is 6.54 Å². The first kappa shape index (κ1) is 24.9. The van der Waals surface area contributed by atoms with Crippen molar-refractivity contribution in [1.82, 2.24) is 5.32 Å². The average Bonchev–Trinajstić information content (AvgIpc) is 2.74. The maximum absolute atomic E-state index is 11.6. The molecule has 0 saturated carbocycles. The Morgan fingerprint density at radius 1 is 1.22 bits per heavy atom. The number of methoxy groups -OCH3 is 1. The normalized spacial score (nSPS) is 12.4. The van der Waals surface area contributed by atoms with Crippen molar-refractivity contribution < 1.29 is 14.6 Å². The molecule has 0 aliphatic carbocycles. The standard InChI is InChI=1S/C27H34N2O3/c1-18-11-12-22(19(2)15-18)13-14-28-25(29-21(4)32-7)16-20(3)23-9-8-10-24(17-23)27(5,6)26(30)31/h8-12,15-17H,4,13-14H2,1-3,5-7H3,(H,28,29)(H,30,31)/b20-16+. The summed E-state index contributed by atoms with van der Waals surface area (Å²) in [6.45, 7) is 14.0. The minimum atomic E-state index is -0.971. The number of allylic oxidation sites excluding steroid dienone is 1. The highest BCUT2D eigenvalue weighted by atomic mass is 16.5. The minimum Gasteiger partial charge on any atom is -0.483 e. The van der Waals surface area contributed by atoms with E-state index in [1.165, 1.54) is 16.7 Å². The Hall–Kier alpha value is -3.34. The predicted octanol–water partition coefficient (Wildman–Crippen LogP) is 5.42. The van der Waals surface area contributed by atoms with E-state index in [1.54, 1.807) is 21.0 Å². The minimum absolute atomic E-state index is 0.403. The van der Waals surface area contributed by atoms with Crippen LogP contribution in [0.1, 0.15) is 48.6 Å². The topological polar surface area (TPSA) is 70.9 Å². The second-order valence-corrected chi connectivity index (χ2v) is 8.54. The summed E-state index contributed by atoms with van der Waals surface area (Å²) in [5.74, 6) is 0.185. The van der Waals surface area contributed by atoms with Crippen LogP contribution < -0.4 is 5.32 Å². The summed E-state index contributed by atoms with van der Waals surface area (Å²) in [5, 5.41) is 12.7. The summed E-state index contributed by atoms with van der Waals surface area (Å²) in [6.07, 6.45) is 2.75. The van der Waals surface area contributed by atoms with Gasteiger partial charge in [-0.1, -0.05) is 48.0 Å². The van der Waals surface area contributed by atoms with Crippen LogP contribution in [-0.4, -0.2) is 30.6 Å². The highest BCUT2D eigenvalue weighted by molar-refractivity contribution is 5.99. The molecule has 5 heteroatoms. The smallest absolute Gasteiger partial charge is 0.313 e. The van der Waals surface area contributed by atoms with E-state index in [4.69, 9.17) is 9.73 Å². The number of rotatable bonds is 9. The highest BCUT2D eigenvalue weighted by Crippen LogP contribution is 2.26. The van der Waals surface area contributed by atoms with Gasteiger partial charge in [0.25, 0.3) is 0 Å². The van der Waals surface area contributed by atoms with Crippen LogP contribution in [0.4, 0.5) is 0 Å². The zero-order chi connectivity index (χ0) is 23.9. The maximum Gasteiger partial charge on any atom is 0.313 e. The second-order valence-electron chi connectivity index (χ2n) is 8.54. The molecular formula is C27H34N2O3. The number of carbonyl (C=O) groups is 1. The Morgan fingerprint density at radius 3 is 2.56 bits per heavy atom. The largest absolute Gasteiger partial charge is 0.483 e. The number of hydrogen-bond donors (Lipinski definition) is 2. The van der Waals surface area contributed by atoms with Crippen molar-refractivity contribution in [3.05, 3.63) is 88.8 Å². The molecule has 0 bridgehead atoms. The van der Waals surface area contributed by atoms with Crippen LogP contribution >= 0.6 is 0 Å². The lowest BCUT2D eigenvalue weighted by Crippen LogP contribution is -2.28. The molecule has 2 rings (SSSR count). The van der Waals surface area contributed by atoms with Crippen LogP contribution in [-0.2, 0) is 21.4 Å². The molecule has 5 nitrogen and oxygen atoms in total. The van der Waals surface area contributed by atoms with E-state index < -0.39 is 11.4 Å². The van der Waals surface area contributed by atoms with Gasteiger partial charge in [0.1, 0.15) is 5.84 Å². The predicted molar refractivity (Wildman–Crippen MR) is 132 cm³/mol. The molecule has 2 aromatic carbocycles. The van der Waals surface area contributed by atoms with Crippen molar-refractivity contribution in [2.45, 2.75) is 46.5 Å². The van der Waals surface area contributed by atoms with Gasteiger partial charge in [-0.3, -0.25) is 9.79 Å². The van der Waals surface area contributed by atoms with Crippen molar-refractivity contribution in [2.24, 2.45) is 4.99 Å². The van der Waals surface area contributed by atoms with Crippen molar-refractivity contribution >= 4 is 17.4 Å². The Morgan fingerprint density at radius 2 is 1.94 bits per heavy atom. The number of carboxylic acid groups (broad SMARTS) is 1. The molecule has 0 radical (unpaired) electrons. The molecule has 0 aliphatic rings. The lowest BCUT2D eigenvalue weighted by atomic mass is 9.83. The number of aliphatic imine (C=N–C) groups is 1. The molecule has 0 fully saturated rings. The Labute approximate surface area is 191 Å².